The summed E-state index contributed by atoms with van der Waals surface area (Å²) in [6, 6.07) is 18.2. The molecule has 0 spiro atoms. The number of hydrogen-bond donors (Lipinski definition) is 1. The van der Waals surface area contributed by atoms with Gasteiger partial charge in [0.25, 0.3) is 0 Å². The zero-order valence-corrected chi connectivity index (χ0v) is 18.6. The Hall–Kier alpha value is -3.36. The van der Waals surface area contributed by atoms with E-state index in [1.165, 1.54) is 41.8 Å². The average molecular weight is 461 g/mol. The number of halogens is 1. The highest BCUT2D eigenvalue weighted by atomic mass is 32.2. The molecule has 5 rings (SSSR count). The minimum atomic E-state index is -0.299. The van der Waals surface area contributed by atoms with Crippen molar-refractivity contribution in [2.45, 2.75) is 11.9 Å². The Morgan fingerprint density at radius 3 is 2.72 bits per heavy atom. The zero-order chi connectivity index (χ0) is 22.1. The van der Waals surface area contributed by atoms with Gasteiger partial charge in [0.05, 0.1) is 11.4 Å². The molecule has 0 fully saturated rings. The molecule has 0 atom stereocenters. The highest BCUT2D eigenvalue weighted by molar-refractivity contribution is 8.00. The molecule has 2 heterocycles. The van der Waals surface area contributed by atoms with E-state index in [1.54, 1.807) is 12.1 Å². The maximum Gasteiger partial charge on any atom is 0.234 e. The zero-order valence-electron chi connectivity index (χ0n) is 17.0. The normalized spacial score (nSPS) is 11.2. The number of hydrogen-bond acceptors (Lipinski definition) is 6. The number of thioether (sulfide) groups is 1. The Labute approximate surface area is 191 Å². The number of anilines is 1. The number of nitrogens with one attached hydrogen (secondary N) is 1. The van der Waals surface area contributed by atoms with E-state index in [4.69, 9.17) is 0 Å². The van der Waals surface area contributed by atoms with Gasteiger partial charge in [-0.25, -0.2) is 14.4 Å². The standard InChI is InChI=1S/C24H17FN4OS2/c1-14-6-7-15-4-2-3-5-18(15)20(14)28-19(30)12-31-24-23-22(26-13-27-24)21(29-32-23)16-8-10-17(25)11-9-16/h2-11,13H,12H2,1H3,(H,28,30). The Kier molecular flexibility index (Phi) is 5.55. The number of carbonyl (C=O) groups excluding carboxylic acids is 1. The molecule has 0 saturated heterocycles. The maximum absolute atomic E-state index is 13.3. The first-order chi connectivity index (χ1) is 15.6. The van der Waals surface area contributed by atoms with Gasteiger partial charge in [-0.3, -0.25) is 4.79 Å². The van der Waals surface area contributed by atoms with Crippen LogP contribution in [0.15, 0.2) is 72.0 Å². The first-order valence-corrected chi connectivity index (χ1v) is 11.6. The molecular weight excluding hydrogens is 443 g/mol. The van der Waals surface area contributed by atoms with E-state index in [2.05, 4.69) is 25.7 Å². The topological polar surface area (TPSA) is 67.8 Å². The van der Waals surface area contributed by atoms with E-state index < -0.39 is 0 Å². The molecule has 32 heavy (non-hydrogen) atoms. The smallest absolute Gasteiger partial charge is 0.234 e. The van der Waals surface area contributed by atoms with Crippen molar-refractivity contribution in [2.75, 3.05) is 11.1 Å². The summed E-state index contributed by atoms with van der Waals surface area (Å²) in [5, 5.41) is 5.85. The first-order valence-electron chi connectivity index (χ1n) is 9.87. The Bertz CT molecular complexity index is 1450. The molecule has 1 N–H and O–H groups in total. The van der Waals surface area contributed by atoms with Gasteiger partial charge in [0.15, 0.2) is 0 Å². The van der Waals surface area contributed by atoms with Crippen molar-refractivity contribution < 1.29 is 9.18 Å². The number of rotatable bonds is 5. The molecule has 0 aliphatic carbocycles. The van der Waals surface area contributed by atoms with Gasteiger partial charge in [-0.05, 0) is 53.7 Å². The predicted molar refractivity (Wildman–Crippen MR) is 129 cm³/mol. The molecule has 0 aliphatic heterocycles. The van der Waals surface area contributed by atoms with Crippen LogP contribution in [0.25, 0.3) is 32.2 Å². The average Bonchev–Trinajstić information content (AvgIpc) is 3.25. The fraction of sp³-hybridized carbons (Fsp3) is 0.0833. The number of carbonyl (C=O) groups is 1. The van der Waals surface area contributed by atoms with Crippen molar-refractivity contribution in [2.24, 2.45) is 0 Å². The van der Waals surface area contributed by atoms with E-state index >= 15 is 0 Å². The summed E-state index contributed by atoms with van der Waals surface area (Å²) < 4.78 is 18.6. The lowest BCUT2D eigenvalue weighted by molar-refractivity contribution is -0.113. The van der Waals surface area contributed by atoms with Crippen LogP contribution in [0.2, 0.25) is 0 Å². The van der Waals surface area contributed by atoms with Gasteiger partial charge in [-0.15, -0.1) is 0 Å². The highest BCUT2D eigenvalue weighted by Gasteiger charge is 2.16. The molecule has 0 aliphatic rings. The summed E-state index contributed by atoms with van der Waals surface area (Å²) in [4.78, 5) is 21.5. The SMILES string of the molecule is Cc1ccc2ccccc2c1NC(=O)CSc1ncnc2c(-c3ccc(F)cc3)nsc12. The summed E-state index contributed by atoms with van der Waals surface area (Å²) >= 11 is 2.63. The molecule has 3 aromatic carbocycles. The lowest BCUT2D eigenvalue weighted by Crippen LogP contribution is -2.15. The van der Waals surface area contributed by atoms with Crippen molar-refractivity contribution >= 4 is 55.9 Å². The van der Waals surface area contributed by atoms with Crippen LogP contribution in [0.3, 0.4) is 0 Å². The molecule has 2 aromatic heterocycles. The Morgan fingerprint density at radius 1 is 1.06 bits per heavy atom. The van der Waals surface area contributed by atoms with Gasteiger partial charge < -0.3 is 5.32 Å². The van der Waals surface area contributed by atoms with Crippen LogP contribution >= 0.6 is 23.3 Å². The third-order valence-electron chi connectivity index (χ3n) is 5.08. The molecule has 0 bridgehead atoms. The highest BCUT2D eigenvalue weighted by Crippen LogP contribution is 2.34. The minimum absolute atomic E-state index is 0.107. The fourth-order valence-corrected chi connectivity index (χ4v) is 5.22. The van der Waals surface area contributed by atoms with E-state index in [-0.39, 0.29) is 17.5 Å². The molecule has 5 nitrogen and oxygen atoms in total. The number of aryl methyl sites for hydroxylation is 1. The molecular formula is C24H17FN4OS2. The number of amides is 1. The van der Waals surface area contributed by atoms with Crippen molar-refractivity contribution in [1.82, 2.24) is 14.3 Å². The molecule has 8 heteroatoms. The lowest BCUT2D eigenvalue weighted by atomic mass is 10.0. The lowest BCUT2D eigenvalue weighted by Gasteiger charge is -2.12. The second-order valence-electron chi connectivity index (χ2n) is 7.21. The van der Waals surface area contributed by atoms with Crippen LogP contribution in [0, 0.1) is 12.7 Å². The van der Waals surface area contributed by atoms with Crippen molar-refractivity contribution in [3.8, 4) is 11.3 Å². The molecule has 0 radical (unpaired) electrons. The van der Waals surface area contributed by atoms with Crippen LogP contribution in [0.4, 0.5) is 10.1 Å². The molecule has 0 saturated carbocycles. The summed E-state index contributed by atoms with van der Waals surface area (Å²) in [7, 11) is 0. The molecule has 158 valence electrons. The van der Waals surface area contributed by atoms with Gasteiger partial charge in [0, 0.05) is 10.9 Å². The van der Waals surface area contributed by atoms with Gasteiger partial charge >= 0.3 is 0 Å². The van der Waals surface area contributed by atoms with Crippen LogP contribution in [-0.4, -0.2) is 26.0 Å². The van der Waals surface area contributed by atoms with E-state index in [1.807, 2.05) is 37.3 Å². The second kappa shape index (κ2) is 8.64. The largest absolute Gasteiger partial charge is 0.325 e. The number of nitrogens with zero attached hydrogens (tertiary/aromatic N) is 3. The third kappa shape index (κ3) is 3.94. The van der Waals surface area contributed by atoms with Crippen LogP contribution in [0.1, 0.15) is 5.56 Å². The molecule has 1 amide bonds. The van der Waals surface area contributed by atoms with Gasteiger partial charge in [-0.1, -0.05) is 48.2 Å². The maximum atomic E-state index is 13.3. The number of fused-ring (bicyclic) bond motifs is 2. The quantitative estimate of drug-likeness (QED) is 0.254. The summed E-state index contributed by atoms with van der Waals surface area (Å²) in [6.45, 7) is 1.98. The van der Waals surface area contributed by atoms with E-state index in [9.17, 15) is 9.18 Å². The van der Waals surface area contributed by atoms with Gasteiger partial charge in [-0.2, -0.15) is 4.37 Å². The van der Waals surface area contributed by atoms with Crippen molar-refractivity contribution in [3.63, 3.8) is 0 Å². The van der Waals surface area contributed by atoms with E-state index in [0.29, 0.717) is 16.2 Å². The van der Waals surface area contributed by atoms with Crippen molar-refractivity contribution in [3.05, 3.63) is 78.4 Å². The predicted octanol–water partition coefficient (Wildman–Crippen LogP) is 6.08. The van der Waals surface area contributed by atoms with Crippen LogP contribution < -0.4 is 5.32 Å². The van der Waals surface area contributed by atoms with Crippen molar-refractivity contribution in [1.29, 1.82) is 0 Å². The van der Waals surface area contributed by atoms with E-state index in [0.717, 1.165) is 32.3 Å². The third-order valence-corrected chi connectivity index (χ3v) is 7.04. The minimum Gasteiger partial charge on any atom is -0.325 e. The second-order valence-corrected chi connectivity index (χ2v) is 8.95. The fourth-order valence-electron chi connectivity index (χ4n) is 3.50. The Morgan fingerprint density at radius 2 is 1.88 bits per heavy atom. The Balaban J connectivity index is 1.36. The first kappa shape index (κ1) is 20.5. The molecule has 0 unspecified atom stereocenters. The summed E-state index contributed by atoms with van der Waals surface area (Å²) in [5.74, 6) is -0.199. The summed E-state index contributed by atoms with van der Waals surface area (Å²) in [6.07, 6.45) is 1.47. The summed E-state index contributed by atoms with van der Waals surface area (Å²) in [5.41, 5.74) is 4.02. The number of aromatic nitrogens is 3. The van der Waals surface area contributed by atoms with Crippen LogP contribution in [0.5, 0.6) is 0 Å². The monoisotopic (exact) mass is 460 g/mol. The van der Waals surface area contributed by atoms with Gasteiger partial charge in [0.1, 0.15) is 33.1 Å². The molecule has 5 aromatic rings. The van der Waals surface area contributed by atoms with Gasteiger partial charge in [0.2, 0.25) is 5.91 Å². The number of benzene rings is 3. The van der Waals surface area contributed by atoms with Crippen LogP contribution in [-0.2, 0) is 4.79 Å².